The Balaban J connectivity index is 1.90. The number of hydrogen-bond acceptors (Lipinski definition) is 1. The van der Waals surface area contributed by atoms with Crippen molar-refractivity contribution in [1.29, 1.82) is 0 Å². The molecule has 88 valence electrons. The Labute approximate surface area is 97.1 Å². The van der Waals surface area contributed by atoms with Crippen LogP contribution in [0.15, 0.2) is 18.2 Å². The Hall–Kier alpha value is -1.05. The van der Waals surface area contributed by atoms with Gasteiger partial charge in [-0.1, -0.05) is 25.3 Å². The third kappa shape index (κ3) is 2.97. The van der Waals surface area contributed by atoms with Gasteiger partial charge in [-0.05, 0) is 43.4 Å². The summed E-state index contributed by atoms with van der Waals surface area (Å²) in [5, 5.41) is 3.38. The molecule has 0 radical (unpaired) electrons. The lowest BCUT2D eigenvalue weighted by molar-refractivity contribution is 0.373. The standard InChI is InChI=1S/C14H20FN/c1-11-7-8-13(15)9-14(11)16-10-12-5-3-2-4-6-12/h7-9,12,16H,2-6,10H2,1H3. The minimum atomic E-state index is -0.156. The molecule has 16 heavy (non-hydrogen) atoms. The van der Waals surface area contributed by atoms with Crippen molar-refractivity contribution >= 4 is 5.69 Å². The van der Waals surface area contributed by atoms with Crippen LogP contribution in [-0.4, -0.2) is 6.54 Å². The molecule has 1 nitrogen and oxygen atoms in total. The van der Waals surface area contributed by atoms with Gasteiger partial charge in [0.05, 0.1) is 0 Å². The van der Waals surface area contributed by atoms with Crippen molar-refractivity contribution < 1.29 is 4.39 Å². The monoisotopic (exact) mass is 221 g/mol. The van der Waals surface area contributed by atoms with Gasteiger partial charge in [0.2, 0.25) is 0 Å². The Morgan fingerprint density at radius 1 is 1.25 bits per heavy atom. The number of benzene rings is 1. The van der Waals surface area contributed by atoms with Gasteiger partial charge in [0.1, 0.15) is 5.82 Å². The van der Waals surface area contributed by atoms with Crippen molar-refractivity contribution in [2.24, 2.45) is 5.92 Å². The van der Waals surface area contributed by atoms with Crippen molar-refractivity contribution in [2.45, 2.75) is 39.0 Å². The first-order valence-electron chi connectivity index (χ1n) is 6.26. The molecule has 1 fully saturated rings. The summed E-state index contributed by atoms with van der Waals surface area (Å²) < 4.78 is 13.1. The summed E-state index contributed by atoms with van der Waals surface area (Å²) in [7, 11) is 0. The van der Waals surface area contributed by atoms with E-state index in [0.29, 0.717) is 0 Å². The fraction of sp³-hybridized carbons (Fsp3) is 0.571. The van der Waals surface area contributed by atoms with Crippen LogP contribution in [0.3, 0.4) is 0 Å². The maximum Gasteiger partial charge on any atom is 0.125 e. The minimum Gasteiger partial charge on any atom is -0.384 e. The number of anilines is 1. The first-order valence-corrected chi connectivity index (χ1v) is 6.26. The van der Waals surface area contributed by atoms with Crippen LogP contribution in [0.25, 0.3) is 0 Å². The molecule has 0 unspecified atom stereocenters. The molecule has 0 amide bonds. The van der Waals surface area contributed by atoms with Crippen LogP contribution in [0.1, 0.15) is 37.7 Å². The topological polar surface area (TPSA) is 12.0 Å². The summed E-state index contributed by atoms with van der Waals surface area (Å²) in [6.07, 6.45) is 6.74. The lowest BCUT2D eigenvalue weighted by Gasteiger charge is -2.22. The summed E-state index contributed by atoms with van der Waals surface area (Å²) in [5.41, 5.74) is 2.07. The summed E-state index contributed by atoms with van der Waals surface area (Å²) in [4.78, 5) is 0. The van der Waals surface area contributed by atoms with E-state index in [1.54, 1.807) is 6.07 Å². The Morgan fingerprint density at radius 2 is 2.00 bits per heavy atom. The van der Waals surface area contributed by atoms with Crippen LogP contribution in [0.5, 0.6) is 0 Å². The Kier molecular flexibility index (Phi) is 3.81. The van der Waals surface area contributed by atoms with Crippen molar-refractivity contribution in [2.75, 3.05) is 11.9 Å². The van der Waals surface area contributed by atoms with Crippen LogP contribution in [-0.2, 0) is 0 Å². The summed E-state index contributed by atoms with van der Waals surface area (Å²) in [5.74, 6) is 0.619. The summed E-state index contributed by atoms with van der Waals surface area (Å²) in [6.45, 7) is 3.01. The zero-order chi connectivity index (χ0) is 11.4. The average Bonchev–Trinajstić information content (AvgIpc) is 2.32. The maximum atomic E-state index is 13.1. The molecule has 0 spiro atoms. The first kappa shape index (κ1) is 11.4. The highest BCUT2D eigenvalue weighted by Crippen LogP contribution is 2.24. The minimum absolute atomic E-state index is 0.156. The molecule has 1 aliphatic rings. The molecular formula is C14H20FN. The fourth-order valence-corrected chi connectivity index (χ4v) is 2.43. The van der Waals surface area contributed by atoms with Gasteiger partial charge in [-0.2, -0.15) is 0 Å². The lowest BCUT2D eigenvalue weighted by atomic mass is 9.89. The third-order valence-electron chi connectivity index (χ3n) is 3.51. The second-order valence-corrected chi connectivity index (χ2v) is 4.84. The SMILES string of the molecule is Cc1ccc(F)cc1NCC1CCCCC1. The zero-order valence-corrected chi connectivity index (χ0v) is 9.93. The van der Waals surface area contributed by atoms with Crippen LogP contribution in [0, 0.1) is 18.7 Å². The zero-order valence-electron chi connectivity index (χ0n) is 9.93. The largest absolute Gasteiger partial charge is 0.384 e. The highest BCUT2D eigenvalue weighted by atomic mass is 19.1. The van der Waals surface area contributed by atoms with Crippen LogP contribution < -0.4 is 5.32 Å². The summed E-state index contributed by atoms with van der Waals surface area (Å²) >= 11 is 0. The van der Waals surface area contributed by atoms with E-state index in [1.807, 2.05) is 13.0 Å². The van der Waals surface area contributed by atoms with E-state index in [9.17, 15) is 4.39 Å². The maximum absolute atomic E-state index is 13.1. The first-order chi connectivity index (χ1) is 7.75. The van der Waals surface area contributed by atoms with E-state index in [4.69, 9.17) is 0 Å². The second-order valence-electron chi connectivity index (χ2n) is 4.84. The van der Waals surface area contributed by atoms with Crippen molar-refractivity contribution in [3.8, 4) is 0 Å². The molecule has 1 N–H and O–H groups in total. The van der Waals surface area contributed by atoms with Gasteiger partial charge in [0, 0.05) is 12.2 Å². The quantitative estimate of drug-likeness (QED) is 0.809. The van der Waals surface area contributed by atoms with E-state index in [2.05, 4.69) is 5.32 Å². The number of aryl methyl sites for hydroxylation is 1. The molecule has 0 bridgehead atoms. The van der Waals surface area contributed by atoms with Crippen molar-refractivity contribution in [1.82, 2.24) is 0 Å². The smallest absolute Gasteiger partial charge is 0.125 e. The number of halogens is 1. The second kappa shape index (κ2) is 5.33. The van der Waals surface area contributed by atoms with Gasteiger partial charge < -0.3 is 5.32 Å². The van der Waals surface area contributed by atoms with E-state index in [0.717, 1.165) is 23.7 Å². The predicted molar refractivity (Wildman–Crippen MR) is 66.2 cm³/mol. The Morgan fingerprint density at radius 3 is 2.75 bits per heavy atom. The van der Waals surface area contributed by atoms with Gasteiger partial charge in [-0.25, -0.2) is 4.39 Å². The highest BCUT2D eigenvalue weighted by molar-refractivity contribution is 5.50. The molecule has 1 aromatic rings. The number of nitrogens with one attached hydrogen (secondary N) is 1. The fourth-order valence-electron chi connectivity index (χ4n) is 2.43. The summed E-state index contributed by atoms with van der Waals surface area (Å²) in [6, 6.07) is 4.94. The predicted octanol–water partition coefficient (Wildman–Crippen LogP) is 4.13. The molecule has 0 atom stereocenters. The van der Waals surface area contributed by atoms with E-state index in [1.165, 1.54) is 38.2 Å². The molecule has 0 aromatic heterocycles. The van der Waals surface area contributed by atoms with E-state index < -0.39 is 0 Å². The Bertz CT molecular complexity index is 343. The van der Waals surface area contributed by atoms with Crippen molar-refractivity contribution in [3.63, 3.8) is 0 Å². The molecule has 0 saturated heterocycles. The average molecular weight is 221 g/mol. The normalized spacial score (nSPS) is 17.4. The van der Waals surface area contributed by atoms with Gasteiger partial charge in [-0.15, -0.1) is 0 Å². The van der Waals surface area contributed by atoms with Crippen molar-refractivity contribution in [3.05, 3.63) is 29.6 Å². The molecule has 2 heteroatoms. The van der Waals surface area contributed by atoms with Gasteiger partial charge in [0.15, 0.2) is 0 Å². The highest BCUT2D eigenvalue weighted by Gasteiger charge is 2.13. The third-order valence-corrected chi connectivity index (χ3v) is 3.51. The van der Waals surface area contributed by atoms with E-state index >= 15 is 0 Å². The molecule has 2 rings (SSSR count). The van der Waals surface area contributed by atoms with Gasteiger partial charge in [-0.3, -0.25) is 0 Å². The van der Waals surface area contributed by atoms with Crippen LogP contribution in [0.4, 0.5) is 10.1 Å². The number of rotatable bonds is 3. The lowest BCUT2D eigenvalue weighted by Crippen LogP contribution is -2.17. The van der Waals surface area contributed by atoms with Crippen LogP contribution in [0.2, 0.25) is 0 Å². The molecule has 1 saturated carbocycles. The number of hydrogen-bond donors (Lipinski definition) is 1. The molecule has 1 aliphatic carbocycles. The van der Waals surface area contributed by atoms with E-state index in [-0.39, 0.29) is 5.82 Å². The molecule has 0 aliphatic heterocycles. The molecular weight excluding hydrogens is 201 g/mol. The molecule has 1 aromatic carbocycles. The molecule has 0 heterocycles. The van der Waals surface area contributed by atoms with Crippen LogP contribution >= 0.6 is 0 Å². The van der Waals surface area contributed by atoms with Gasteiger partial charge >= 0.3 is 0 Å². The van der Waals surface area contributed by atoms with Gasteiger partial charge in [0.25, 0.3) is 0 Å².